The van der Waals surface area contributed by atoms with Crippen molar-refractivity contribution in [3.63, 3.8) is 0 Å². The third kappa shape index (κ3) is 3.08. The third-order valence-corrected chi connectivity index (χ3v) is 4.84. The van der Waals surface area contributed by atoms with Gasteiger partial charge in [0.25, 0.3) is 5.91 Å². The van der Waals surface area contributed by atoms with E-state index in [2.05, 4.69) is 16.0 Å². The predicted molar refractivity (Wildman–Crippen MR) is 103 cm³/mol. The number of fused-ring (bicyclic) bond motifs is 1. The normalized spacial score (nSPS) is 14.5. The van der Waals surface area contributed by atoms with Gasteiger partial charge in [-0.3, -0.25) is 9.78 Å². The molecule has 4 rings (SSSR count). The van der Waals surface area contributed by atoms with E-state index in [1.165, 1.54) is 0 Å². The lowest BCUT2D eigenvalue weighted by Gasteiger charge is -2.36. The SMILES string of the molecule is COc1ccccc1N1CCN(C(=O)c2cc3ccccc3cn2)CC1. The molecule has 2 aromatic carbocycles. The van der Waals surface area contributed by atoms with Crippen molar-refractivity contribution in [3.05, 3.63) is 66.5 Å². The lowest BCUT2D eigenvalue weighted by molar-refractivity contribution is 0.0741. The first-order valence-corrected chi connectivity index (χ1v) is 8.78. The Morgan fingerprint density at radius 1 is 0.962 bits per heavy atom. The van der Waals surface area contributed by atoms with Gasteiger partial charge < -0.3 is 14.5 Å². The van der Waals surface area contributed by atoms with Gasteiger partial charge in [-0.25, -0.2) is 0 Å². The van der Waals surface area contributed by atoms with Crippen LogP contribution in [-0.4, -0.2) is 49.1 Å². The topological polar surface area (TPSA) is 45.7 Å². The summed E-state index contributed by atoms with van der Waals surface area (Å²) in [5.41, 5.74) is 1.58. The summed E-state index contributed by atoms with van der Waals surface area (Å²) in [4.78, 5) is 21.3. The van der Waals surface area contributed by atoms with Crippen molar-refractivity contribution in [3.8, 4) is 5.75 Å². The van der Waals surface area contributed by atoms with Crippen LogP contribution in [0.15, 0.2) is 60.8 Å². The smallest absolute Gasteiger partial charge is 0.272 e. The van der Waals surface area contributed by atoms with E-state index in [9.17, 15) is 4.79 Å². The van der Waals surface area contributed by atoms with Crippen LogP contribution >= 0.6 is 0 Å². The second-order valence-electron chi connectivity index (χ2n) is 6.37. The van der Waals surface area contributed by atoms with Crippen molar-refractivity contribution in [1.29, 1.82) is 0 Å². The zero-order chi connectivity index (χ0) is 17.9. The van der Waals surface area contributed by atoms with E-state index in [4.69, 9.17) is 4.74 Å². The molecule has 0 unspecified atom stereocenters. The monoisotopic (exact) mass is 347 g/mol. The number of nitrogens with zero attached hydrogens (tertiary/aromatic N) is 3. The predicted octanol–water partition coefficient (Wildman–Crippen LogP) is 3.21. The van der Waals surface area contributed by atoms with Gasteiger partial charge in [0, 0.05) is 37.8 Å². The van der Waals surface area contributed by atoms with Crippen LogP contribution in [0.25, 0.3) is 10.8 Å². The van der Waals surface area contributed by atoms with Gasteiger partial charge in [0.1, 0.15) is 11.4 Å². The van der Waals surface area contributed by atoms with Crippen LogP contribution in [0, 0.1) is 0 Å². The number of ether oxygens (including phenoxy) is 1. The molecule has 5 heteroatoms. The number of anilines is 1. The number of hydrogen-bond acceptors (Lipinski definition) is 4. The van der Waals surface area contributed by atoms with E-state index < -0.39 is 0 Å². The molecule has 0 bridgehead atoms. The number of amides is 1. The van der Waals surface area contributed by atoms with Gasteiger partial charge in [-0.15, -0.1) is 0 Å². The van der Waals surface area contributed by atoms with Crippen LogP contribution in [0.4, 0.5) is 5.69 Å². The fourth-order valence-electron chi connectivity index (χ4n) is 3.40. The highest BCUT2D eigenvalue weighted by atomic mass is 16.5. The summed E-state index contributed by atoms with van der Waals surface area (Å²) in [5.74, 6) is 0.860. The molecular formula is C21H21N3O2. The van der Waals surface area contributed by atoms with Gasteiger partial charge in [0.2, 0.25) is 0 Å². The van der Waals surface area contributed by atoms with E-state index in [1.54, 1.807) is 13.3 Å². The molecule has 0 spiro atoms. The first-order chi connectivity index (χ1) is 12.8. The Labute approximate surface area is 152 Å². The minimum Gasteiger partial charge on any atom is -0.495 e. The summed E-state index contributed by atoms with van der Waals surface area (Å²) in [6, 6.07) is 17.8. The molecule has 2 heterocycles. The summed E-state index contributed by atoms with van der Waals surface area (Å²) in [6.45, 7) is 2.90. The Morgan fingerprint density at radius 2 is 1.65 bits per heavy atom. The van der Waals surface area contributed by atoms with E-state index in [1.807, 2.05) is 53.4 Å². The summed E-state index contributed by atoms with van der Waals surface area (Å²) in [6.07, 6.45) is 1.77. The van der Waals surface area contributed by atoms with E-state index >= 15 is 0 Å². The number of rotatable bonds is 3. The number of carbonyl (C=O) groups is 1. The Bertz CT molecular complexity index is 933. The molecule has 132 valence electrons. The number of piperazine rings is 1. The number of carbonyl (C=O) groups excluding carboxylic acids is 1. The Balaban J connectivity index is 1.47. The lowest BCUT2D eigenvalue weighted by atomic mass is 10.1. The Morgan fingerprint density at radius 3 is 2.42 bits per heavy atom. The molecule has 1 amide bonds. The van der Waals surface area contributed by atoms with E-state index in [0.717, 1.165) is 35.3 Å². The van der Waals surface area contributed by atoms with Crippen molar-refractivity contribution in [2.75, 3.05) is 38.2 Å². The van der Waals surface area contributed by atoms with Crippen LogP contribution in [0.5, 0.6) is 5.75 Å². The van der Waals surface area contributed by atoms with Crippen LogP contribution in [-0.2, 0) is 0 Å². The second kappa shape index (κ2) is 7.04. The van der Waals surface area contributed by atoms with Gasteiger partial charge in [-0.05, 0) is 23.6 Å². The average Bonchev–Trinajstić information content (AvgIpc) is 2.73. The fourth-order valence-corrected chi connectivity index (χ4v) is 3.40. The maximum Gasteiger partial charge on any atom is 0.272 e. The molecule has 1 aromatic heterocycles. The van der Waals surface area contributed by atoms with Crippen molar-refractivity contribution < 1.29 is 9.53 Å². The van der Waals surface area contributed by atoms with Crippen molar-refractivity contribution in [1.82, 2.24) is 9.88 Å². The number of para-hydroxylation sites is 2. The summed E-state index contributed by atoms with van der Waals surface area (Å²) in [5, 5.41) is 2.09. The quantitative estimate of drug-likeness (QED) is 0.730. The number of benzene rings is 2. The zero-order valence-electron chi connectivity index (χ0n) is 14.8. The first kappa shape index (κ1) is 16.4. The summed E-state index contributed by atoms with van der Waals surface area (Å²) >= 11 is 0. The van der Waals surface area contributed by atoms with Crippen LogP contribution in [0.2, 0.25) is 0 Å². The molecule has 26 heavy (non-hydrogen) atoms. The van der Waals surface area contributed by atoms with Crippen LogP contribution < -0.4 is 9.64 Å². The zero-order valence-corrected chi connectivity index (χ0v) is 14.8. The summed E-state index contributed by atoms with van der Waals surface area (Å²) in [7, 11) is 1.68. The maximum atomic E-state index is 12.8. The largest absolute Gasteiger partial charge is 0.495 e. The number of aromatic nitrogens is 1. The average molecular weight is 347 g/mol. The van der Waals surface area contributed by atoms with Crippen molar-refractivity contribution >= 4 is 22.4 Å². The standard InChI is InChI=1S/C21H21N3O2/c1-26-20-9-5-4-8-19(20)23-10-12-24(13-11-23)21(25)18-14-16-6-2-3-7-17(16)15-22-18/h2-9,14-15H,10-13H2,1H3. The van der Waals surface area contributed by atoms with Crippen LogP contribution in [0.1, 0.15) is 10.5 Å². The number of pyridine rings is 1. The number of hydrogen-bond donors (Lipinski definition) is 0. The molecule has 0 saturated carbocycles. The molecule has 1 aliphatic heterocycles. The van der Waals surface area contributed by atoms with Crippen molar-refractivity contribution in [2.24, 2.45) is 0 Å². The Kier molecular flexibility index (Phi) is 4.44. The third-order valence-electron chi connectivity index (χ3n) is 4.84. The molecule has 5 nitrogen and oxygen atoms in total. The Hall–Kier alpha value is -3.08. The number of methoxy groups -OCH3 is 1. The molecule has 0 atom stereocenters. The van der Waals surface area contributed by atoms with E-state index in [0.29, 0.717) is 18.8 Å². The molecule has 0 aliphatic carbocycles. The highest BCUT2D eigenvalue weighted by Crippen LogP contribution is 2.28. The lowest BCUT2D eigenvalue weighted by Crippen LogP contribution is -2.49. The van der Waals surface area contributed by atoms with Crippen molar-refractivity contribution in [2.45, 2.75) is 0 Å². The summed E-state index contributed by atoms with van der Waals surface area (Å²) < 4.78 is 5.45. The molecule has 3 aromatic rings. The fraction of sp³-hybridized carbons (Fsp3) is 0.238. The van der Waals surface area contributed by atoms with Crippen LogP contribution in [0.3, 0.4) is 0 Å². The maximum absolute atomic E-state index is 12.8. The minimum atomic E-state index is -0.00423. The first-order valence-electron chi connectivity index (χ1n) is 8.78. The molecule has 1 aliphatic rings. The van der Waals surface area contributed by atoms with Gasteiger partial charge in [-0.2, -0.15) is 0 Å². The van der Waals surface area contributed by atoms with Gasteiger partial charge in [0.05, 0.1) is 12.8 Å². The molecule has 0 radical (unpaired) electrons. The molecule has 1 fully saturated rings. The minimum absolute atomic E-state index is 0.00423. The van der Waals surface area contributed by atoms with Gasteiger partial charge in [0.15, 0.2) is 0 Å². The second-order valence-corrected chi connectivity index (χ2v) is 6.37. The molecular weight excluding hydrogens is 326 g/mol. The molecule has 1 saturated heterocycles. The highest BCUT2D eigenvalue weighted by molar-refractivity contribution is 5.96. The van der Waals surface area contributed by atoms with Gasteiger partial charge >= 0.3 is 0 Å². The van der Waals surface area contributed by atoms with Gasteiger partial charge in [-0.1, -0.05) is 36.4 Å². The highest BCUT2D eigenvalue weighted by Gasteiger charge is 2.24. The molecule has 0 N–H and O–H groups in total. The van der Waals surface area contributed by atoms with E-state index in [-0.39, 0.29) is 5.91 Å².